The first kappa shape index (κ1) is 12.0. The maximum atomic E-state index is 12.4. The first-order valence-corrected chi connectivity index (χ1v) is 6.96. The minimum absolute atomic E-state index is 0.275. The van der Waals surface area contributed by atoms with Gasteiger partial charge in [0.15, 0.2) is 5.78 Å². The Morgan fingerprint density at radius 3 is 2.56 bits per heavy atom. The average molecular weight is 246 g/mol. The van der Waals surface area contributed by atoms with Crippen molar-refractivity contribution in [2.24, 2.45) is 0 Å². The third-order valence-corrected chi connectivity index (χ3v) is 4.93. The number of fused-ring (bicyclic) bond motifs is 2. The van der Waals surface area contributed by atoms with E-state index in [4.69, 9.17) is 0 Å². The SMILES string of the molecule is Cc1cc(C(=O)CN2C3CCC2(C)CC3)c(C)[nH]1. The first-order chi connectivity index (χ1) is 8.49. The van der Waals surface area contributed by atoms with Crippen molar-refractivity contribution in [2.75, 3.05) is 6.54 Å². The van der Waals surface area contributed by atoms with Crippen molar-refractivity contribution in [2.45, 2.75) is 58.0 Å². The molecule has 1 aromatic heterocycles. The quantitative estimate of drug-likeness (QED) is 0.832. The second-order valence-electron chi connectivity index (χ2n) is 6.27. The van der Waals surface area contributed by atoms with Gasteiger partial charge in [-0.1, -0.05) is 0 Å². The normalized spacial score (nSPS) is 31.2. The lowest BCUT2D eigenvalue weighted by Gasteiger charge is -2.30. The number of H-pyrrole nitrogens is 1. The molecule has 2 aliphatic rings. The molecule has 3 nitrogen and oxygen atoms in total. The molecule has 0 aromatic carbocycles. The van der Waals surface area contributed by atoms with E-state index < -0.39 is 0 Å². The number of ketones is 1. The Labute approximate surface area is 109 Å². The molecule has 3 heteroatoms. The summed E-state index contributed by atoms with van der Waals surface area (Å²) in [7, 11) is 0. The van der Waals surface area contributed by atoms with Gasteiger partial charge in [0.2, 0.25) is 0 Å². The van der Waals surface area contributed by atoms with E-state index in [9.17, 15) is 4.79 Å². The Kier molecular flexibility index (Phi) is 2.63. The molecule has 2 fully saturated rings. The van der Waals surface area contributed by atoms with Crippen LogP contribution in [0, 0.1) is 13.8 Å². The number of hydrogen-bond acceptors (Lipinski definition) is 2. The number of aromatic nitrogens is 1. The highest BCUT2D eigenvalue weighted by atomic mass is 16.1. The molecule has 18 heavy (non-hydrogen) atoms. The summed E-state index contributed by atoms with van der Waals surface area (Å²) in [6, 6.07) is 2.64. The molecule has 1 aromatic rings. The van der Waals surface area contributed by atoms with Crippen LogP contribution in [0.4, 0.5) is 0 Å². The molecule has 0 saturated carbocycles. The number of carbonyl (C=O) groups is 1. The monoisotopic (exact) mass is 246 g/mol. The summed E-state index contributed by atoms with van der Waals surface area (Å²) in [4.78, 5) is 18.1. The van der Waals surface area contributed by atoms with E-state index in [1.54, 1.807) is 0 Å². The molecule has 2 saturated heterocycles. The summed E-state index contributed by atoms with van der Waals surface area (Å²) in [6.07, 6.45) is 5.07. The lowest BCUT2D eigenvalue weighted by molar-refractivity contribution is 0.0864. The number of Topliss-reactive ketones (excluding diaryl/α,β-unsaturated/α-hetero) is 1. The van der Waals surface area contributed by atoms with Gasteiger partial charge in [-0.3, -0.25) is 9.69 Å². The number of aromatic amines is 1. The highest BCUT2D eigenvalue weighted by Crippen LogP contribution is 2.45. The molecule has 0 amide bonds. The molecule has 98 valence electrons. The molecular weight excluding hydrogens is 224 g/mol. The van der Waals surface area contributed by atoms with E-state index in [-0.39, 0.29) is 5.78 Å². The van der Waals surface area contributed by atoms with Crippen molar-refractivity contribution in [3.63, 3.8) is 0 Å². The van der Waals surface area contributed by atoms with Crippen LogP contribution in [-0.2, 0) is 0 Å². The minimum atomic E-state index is 0.275. The van der Waals surface area contributed by atoms with Gasteiger partial charge in [0, 0.05) is 28.5 Å². The number of hydrogen-bond donors (Lipinski definition) is 1. The van der Waals surface area contributed by atoms with E-state index in [1.165, 1.54) is 25.7 Å². The Hall–Kier alpha value is -1.09. The first-order valence-electron chi connectivity index (χ1n) is 6.96. The van der Waals surface area contributed by atoms with Crippen molar-refractivity contribution >= 4 is 5.78 Å². The third kappa shape index (κ3) is 1.72. The van der Waals surface area contributed by atoms with Gasteiger partial charge in [-0.15, -0.1) is 0 Å². The van der Waals surface area contributed by atoms with Crippen LogP contribution < -0.4 is 0 Å². The van der Waals surface area contributed by atoms with Crippen molar-refractivity contribution < 1.29 is 4.79 Å². The number of carbonyl (C=O) groups excluding carboxylic acids is 1. The van der Waals surface area contributed by atoms with E-state index in [0.29, 0.717) is 18.1 Å². The summed E-state index contributed by atoms with van der Waals surface area (Å²) >= 11 is 0. The van der Waals surface area contributed by atoms with Crippen LogP contribution in [0.15, 0.2) is 6.07 Å². The van der Waals surface area contributed by atoms with Crippen LogP contribution in [0.5, 0.6) is 0 Å². The lowest BCUT2D eigenvalue weighted by Crippen LogP contribution is -2.41. The topological polar surface area (TPSA) is 36.1 Å². The Morgan fingerprint density at radius 2 is 2.11 bits per heavy atom. The van der Waals surface area contributed by atoms with Crippen LogP contribution in [0.25, 0.3) is 0 Å². The van der Waals surface area contributed by atoms with Gasteiger partial charge in [-0.05, 0) is 52.5 Å². The Morgan fingerprint density at radius 1 is 1.44 bits per heavy atom. The molecule has 2 bridgehead atoms. The molecule has 0 unspecified atom stereocenters. The van der Waals surface area contributed by atoms with E-state index >= 15 is 0 Å². The zero-order chi connectivity index (χ0) is 12.9. The van der Waals surface area contributed by atoms with Crippen molar-refractivity contribution in [3.8, 4) is 0 Å². The molecule has 0 spiro atoms. The van der Waals surface area contributed by atoms with E-state index in [2.05, 4.69) is 16.8 Å². The number of rotatable bonds is 3. The Bertz CT molecular complexity index is 481. The molecule has 1 N–H and O–H groups in total. The Balaban J connectivity index is 1.78. The van der Waals surface area contributed by atoms with Gasteiger partial charge in [0.25, 0.3) is 0 Å². The van der Waals surface area contributed by atoms with Gasteiger partial charge >= 0.3 is 0 Å². The fraction of sp³-hybridized carbons (Fsp3) is 0.667. The second kappa shape index (κ2) is 3.95. The van der Waals surface area contributed by atoms with Crippen LogP contribution in [-0.4, -0.2) is 33.8 Å². The van der Waals surface area contributed by atoms with Gasteiger partial charge in [-0.2, -0.15) is 0 Å². The van der Waals surface area contributed by atoms with Crippen LogP contribution >= 0.6 is 0 Å². The van der Waals surface area contributed by atoms with Crippen molar-refractivity contribution in [1.29, 1.82) is 0 Å². The standard InChI is InChI=1S/C15H22N2O/c1-10-8-13(11(2)16-10)14(18)9-17-12-4-6-15(17,3)7-5-12/h8,12,16H,4-7,9H2,1-3H3. The summed E-state index contributed by atoms with van der Waals surface area (Å²) in [5.41, 5.74) is 3.25. The molecule has 3 rings (SSSR count). The maximum Gasteiger partial charge on any atom is 0.178 e. The summed E-state index contributed by atoms with van der Waals surface area (Å²) in [5, 5.41) is 0. The predicted molar refractivity (Wildman–Crippen MR) is 72.0 cm³/mol. The molecule has 2 aliphatic heterocycles. The number of nitrogens with zero attached hydrogens (tertiary/aromatic N) is 1. The fourth-order valence-corrected chi connectivity index (χ4v) is 3.84. The van der Waals surface area contributed by atoms with Gasteiger partial charge in [-0.25, -0.2) is 0 Å². The molecule has 0 radical (unpaired) electrons. The zero-order valence-corrected chi connectivity index (χ0v) is 11.5. The third-order valence-electron chi connectivity index (χ3n) is 4.93. The van der Waals surface area contributed by atoms with Crippen molar-refractivity contribution in [1.82, 2.24) is 9.88 Å². The molecule has 0 aliphatic carbocycles. The smallest absolute Gasteiger partial charge is 0.178 e. The van der Waals surface area contributed by atoms with Crippen LogP contribution in [0.3, 0.4) is 0 Å². The van der Waals surface area contributed by atoms with Gasteiger partial charge in [0.05, 0.1) is 6.54 Å². The minimum Gasteiger partial charge on any atom is -0.362 e. The second-order valence-corrected chi connectivity index (χ2v) is 6.27. The molecule has 3 heterocycles. The fourth-order valence-electron chi connectivity index (χ4n) is 3.84. The summed E-state index contributed by atoms with van der Waals surface area (Å²) in [5.74, 6) is 0.275. The largest absolute Gasteiger partial charge is 0.362 e. The van der Waals surface area contributed by atoms with Gasteiger partial charge in [0.1, 0.15) is 0 Å². The maximum absolute atomic E-state index is 12.4. The highest BCUT2D eigenvalue weighted by molar-refractivity contribution is 5.99. The summed E-state index contributed by atoms with van der Waals surface area (Å²) < 4.78 is 0. The molecule has 0 atom stereocenters. The van der Waals surface area contributed by atoms with Gasteiger partial charge < -0.3 is 4.98 Å². The van der Waals surface area contributed by atoms with E-state index in [0.717, 1.165) is 17.0 Å². The zero-order valence-electron chi connectivity index (χ0n) is 11.5. The predicted octanol–water partition coefficient (Wildman–Crippen LogP) is 2.83. The van der Waals surface area contributed by atoms with Crippen LogP contribution in [0.2, 0.25) is 0 Å². The van der Waals surface area contributed by atoms with E-state index in [1.807, 2.05) is 19.9 Å². The average Bonchev–Trinajstić information content (AvgIpc) is 2.90. The number of aryl methyl sites for hydroxylation is 2. The number of nitrogens with one attached hydrogen (secondary N) is 1. The van der Waals surface area contributed by atoms with Crippen LogP contribution in [0.1, 0.15) is 54.4 Å². The lowest BCUT2D eigenvalue weighted by atomic mass is 9.90. The highest BCUT2D eigenvalue weighted by Gasteiger charge is 2.48. The summed E-state index contributed by atoms with van der Waals surface area (Å²) in [6.45, 7) is 6.91. The van der Waals surface area contributed by atoms with Crippen molar-refractivity contribution in [3.05, 3.63) is 23.0 Å². The molecular formula is C15H22N2O.